The SMILES string of the molecule is Cn1ccc(CC(CBr)Cc2ccc(F)cc2)n1. The molecule has 0 bridgehead atoms. The van der Waals surface area contributed by atoms with Crippen molar-refractivity contribution in [2.75, 3.05) is 5.33 Å². The van der Waals surface area contributed by atoms with E-state index in [1.54, 1.807) is 0 Å². The topological polar surface area (TPSA) is 17.8 Å². The zero-order valence-corrected chi connectivity index (χ0v) is 11.9. The maximum Gasteiger partial charge on any atom is 0.123 e. The number of aromatic nitrogens is 2. The molecule has 0 aliphatic rings. The second-order valence-electron chi connectivity index (χ2n) is 4.54. The minimum absolute atomic E-state index is 0.182. The molecule has 96 valence electrons. The van der Waals surface area contributed by atoms with Crippen molar-refractivity contribution in [2.45, 2.75) is 12.8 Å². The van der Waals surface area contributed by atoms with Crippen molar-refractivity contribution in [1.29, 1.82) is 0 Å². The fourth-order valence-electron chi connectivity index (χ4n) is 2.00. The second-order valence-corrected chi connectivity index (χ2v) is 5.18. The average molecular weight is 311 g/mol. The van der Waals surface area contributed by atoms with Crippen molar-refractivity contribution in [3.63, 3.8) is 0 Å². The number of hydrogen-bond donors (Lipinski definition) is 0. The molecule has 1 heterocycles. The van der Waals surface area contributed by atoms with E-state index in [1.807, 2.05) is 36.1 Å². The summed E-state index contributed by atoms with van der Waals surface area (Å²) in [6.07, 6.45) is 3.82. The Labute approximate surface area is 115 Å². The highest BCUT2D eigenvalue weighted by atomic mass is 79.9. The Morgan fingerprint density at radius 3 is 2.50 bits per heavy atom. The number of hydrogen-bond acceptors (Lipinski definition) is 1. The Morgan fingerprint density at radius 1 is 1.22 bits per heavy atom. The molecule has 2 aromatic rings. The van der Waals surface area contributed by atoms with Gasteiger partial charge in [-0.1, -0.05) is 28.1 Å². The fraction of sp³-hybridized carbons (Fsp3) is 0.357. The molecule has 0 aliphatic heterocycles. The van der Waals surface area contributed by atoms with Crippen molar-refractivity contribution in [3.05, 3.63) is 53.6 Å². The maximum atomic E-state index is 12.8. The van der Waals surface area contributed by atoms with Crippen LogP contribution in [-0.2, 0) is 19.9 Å². The Balaban J connectivity index is 1.99. The van der Waals surface area contributed by atoms with Crippen LogP contribution in [0, 0.1) is 11.7 Å². The summed E-state index contributed by atoms with van der Waals surface area (Å²) in [4.78, 5) is 0. The van der Waals surface area contributed by atoms with Crippen LogP contribution in [0.4, 0.5) is 4.39 Å². The third-order valence-corrected chi connectivity index (χ3v) is 3.84. The number of benzene rings is 1. The molecule has 4 heteroatoms. The van der Waals surface area contributed by atoms with Crippen LogP contribution in [0.3, 0.4) is 0 Å². The monoisotopic (exact) mass is 310 g/mol. The zero-order valence-electron chi connectivity index (χ0n) is 10.3. The van der Waals surface area contributed by atoms with Crippen LogP contribution in [0.5, 0.6) is 0 Å². The number of rotatable bonds is 5. The van der Waals surface area contributed by atoms with Crippen LogP contribution >= 0.6 is 15.9 Å². The van der Waals surface area contributed by atoms with Crippen molar-refractivity contribution < 1.29 is 4.39 Å². The van der Waals surface area contributed by atoms with Crippen molar-refractivity contribution in [3.8, 4) is 0 Å². The van der Waals surface area contributed by atoms with Gasteiger partial charge in [0.2, 0.25) is 0 Å². The van der Waals surface area contributed by atoms with E-state index < -0.39 is 0 Å². The lowest BCUT2D eigenvalue weighted by Crippen LogP contribution is -2.10. The molecule has 0 amide bonds. The van der Waals surface area contributed by atoms with Crippen LogP contribution in [-0.4, -0.2) is 15.1 Å². The van der Waals surface area contributed by atoms with Crippen molar-refractivity contribution >= 4 is 15.9 Å². The quantitative estimate of drug-likeness (QED) is 0.774. The molecule has 0 radical (unpaired) electrons. The summed E-state index contributed by atoms with van der Waals surface area (Å²) in [5.74, 6) is 0.296. The number of aryl methyl sites for hydroxylation is 1. The van der Waals surface area contributed by atoms with Gasteiger partial charge in [-0.05, 0) is 42.5 Å². The first kappa shape index (κ1) is 13.3. The second kappa shape index (κ2) is 6.14. The van der Waals surface area contributed by atoms with Crippen LogP contribution < -0.4 is 0 Å². The lowest BCUT2D eigenvalue weighted by molar-refractivity contribution is 0.572. The van der Waals surface area contributed by atoms with Gasteiger partial charge in [0, 0.05) is 18.6 Å². The Hall–Kier alpha value is -1.16. The average Bonchev–Trinajstić information content (AvgIpc) is 2.77. The molecule has 1 aromatic carbocycles. The van der Waals surface area contributed by atoms with Gasteiger partial charge in [-0.2, -0.15) is 5.10 Å². The molecule has 0 spiro atoms. The summed E-state index contributed by atoms with van der Waals surface area (Å²) in [5, 5.41) is 5.31. The van der Waals surface area contributed by atoms with E-state index in [1.165, 1.54) is 12.1 Å². The first-order valence-electron chi connectivity index (χ1n) is 5.96. The Morgan fingerprint density at radius 2 is 1.94 bits per heavy atom. The lowest BCUT2D eigenvalue weighted by atomic mass is 9.97. The van der Waals surface area contributed by atoms with E-state index in [0.717, 1.165) is 29.4 Å². The largest absolute Gasteiger partial charge is 0.276 e. The predicted molar refractivity (Wildman–Crippen MR) is 74.3 cm³/mol. The summed E-state index contributed by atoms with van der Waals surface area (Å²) < 4.78 is 14.7. The van der Waals surface area contributed by atoms with Gasteiger partial charge in [-0.25, -0.2) is 4.39 Å². The first-order chi connectivity index (χ1) is 8.67. The summed E-state index contributed by atoms with van der Waals surface area (Å²) in [6.45, 7) is 0. The number of alkyl halides is 1. The molecular weight excluding hydrogens is 295 g/mol. The number of nitrogens with zero attached hydrogens (tertiary/aromatic N) is 2. The molecule has 2 nitrogen and oxygen atoms in total. The summed E-state index contributed by atoms with van der Waals surface area (Å²) in [6, 6.07) is 8.77. The maximum absolute atomic E-state index is 12.8. The third kappa shape index (κ3) is 3.67. The molecule has 18 heavy (non-hydrogen) atoms. The molecule has 0 N–H and O–H groups in total. The van der Waals surface area contributed by atoms with Gasteiger partial charge < -0.3 is 0 Å². The van der Waals surface area contributed by atoms with E-state index in [4.69, 9.17) is 0 Å². The predicted octanol–water partition coefficient (Wildman–Crippen LogP) is 3.36. The minimum Gasteiger partial charge on any atom is -0.276 e. The van der Waals surface area contributed by atoms with Gasteiger partial charge >= 0.3 is 0 Å². The number of halogens is 2. The Bertz CT molecular complexity index is 493. The molecule has 1 aromatic heterocycles. The van der Waals surface area contributed by atoms with Gasteiger partial charge in [-0.3, -0.25) is 4.68 Å². The molecule has 0 fully saturated rings. The highest BCUT2D eigenvalue weighted by molar-refractivity contribution is 9.09. The van der Waals surface area contributed by atoms with Gasteiger partial charge in [-0.15, -0.1) is 0 Å². The molecule has 0 aliphatic carbocycles. The van der Waals surface area contributed by atoms with Crippen LogP contribution in [0.2, 0.25) is 0 Å². The van der Waals surface area contributed by atoms with E-state index >= 15 is 0 Å². The summed E-state index contributed by atoms with van der Waals surface area (Å²) >= 11 is 3.54. The zero-order chi connectivity index (χ0) is 13.0. The van der Waals surface area contributed by atoms with E-state index in [0.29, 0.717) is 5.92 Å². The van der Waals surface area contributed by atoms with Gasteiger partial charge in [0.15, 0.2) is 0 Å². The smallest absolute Gasteiger partial charge is 0.123 e. The standard InChI is InChI=1S/C14H16BrFN2/c1-18-7-6-14(17-18)9-12(10-15)8-11-2-4-13(16)5-3-11/h2-7,12H,8-10H2,1H3. The molecule has 1 atom stereocenters. The van der Waals surface area contributed by atoms with Crippen LogP contribution in [0.1, 0.15) is 11.3 Å². The first-order valence-corrected chi connectivity index (χ1v) is 7.08. The van der Waals surface area contributed by atoms with Gasteiger partial charge in [0.25, 0.3) is 0 Å². The molecular formula is C14H16BrFN2. The third-order valence-electron chi connectivity index (χ3n) is 2.92. The van der Waals surface area contributed by atoms with E-state index in [2.05, 4.69) is 21.0 Å². The summed E-state index contributed by atoms with van der Waals surface area (Å²) in [5.41, 5.74) is 2.26. The minimum atomic E-state index is -0.182. The van der Waals surface area contributed by atoms with Crippen molar-refractivity contribution in [2.24, 2.45) is 13.0 Å². The van der Waals surface area contributed by atoms with E-state index in [9.17, 15) is 4.39 Å². The molecule has 2 rings (SSSR count). The highest BCUT2D eigenvalue weighted by Crippen LogP contribution is 2.16. The fourth-order valence-corrected chi connectivity index (χ4v) is 2.46. The molecule has 1 unspecified atom stereocenters. The van der Waals surface area contributed by atoms with E-state index in [-0.39, 0.29) is 5.82 Å². The molecule has 0 saturated heterocycles. The molecule has 0 saturated carbocycles. The van der Waals surface area contributed by atoms with Crippen LogP contribution in [0.25, 0.3) is 0 Å². The normalized spacial score (nSPS) is 12.6. The summed E-state index contributed by atoms with van der Waals surface area (Å²) in [7, 11) is 1.92. The highest BCUT2D eigenvalue weighted by Gasteiger charge is 2.11. The lowest BCUT2D eigenvalue weighted by Gasteiger charge is -2.12. The van der Waals surface area contributed by atoms with Crippen molar-refractivity contribution in [1.82, 2.24) is 9.78 Å². The van der Waals surface area contributed by atoms with Gasteiger partial charge in [0.05, 0.1) is 5.69 Å². The van der Waals surface area contributed by atoms with Gasteiger partial charge in [0.1, 0.15) is 5.82 Å². The van der Waals surface area contributed by atoms with Crippen LogP contribution in [0.15, 0.2) is 36.5 Å². The Kier molecular flexibility index (Phi) is 4.53.